The fourth-order valence-electron chi connectivity index (χ4n) is 6.61. The maximum absolute atomic E-state index is 12.5. The van der Waals surface area contributed by atoms with Crippen molar-refractivity contribution in [3.8, 4) is 11.8 Å². The van der Waals surface area contributed by atoms with Gasteiger partial charge in [0.1, 0.15) is 11.7 Å². The molecule has 0 aromatic carbocycles. The summed E-state index contributed by atoms with van der Waals surface area (Å²) in [4.78, 5) is 12.5. The summed E-state index contributed by atoms with van der Waals surface area (Å²) in [5, 5.41) is 10.1. The zero-order chi connectivity index (χ0) is 32.0. The minimum atomic E-state index is -0.507. The highest BCUT2D eigenvalue weighted by molar-refractivity contribution is 5.90. The van der Waals surface area contributed by atoms with Crippen LogP contribution in [0.5, 0.6) is 0 Å². The molecule has 0 amide bonds. The van der Waals surface area contributed by atoms with E-state index in [0.29, 0.717) is 6.42 Å². The summed E-state index contributed by atoms with van der Waals surface area (Å²) in [5.41, 5.74) is 6.16. The highest BCUT2D eigenvalue weighted by Crippen LogP contribution is 2.57. The molecule has 230 valence electrons. The molecule has 3 heteroatoms. The molecular weight excluding hydrogens is 528 g/mol. The van der Waals surface area contributed by atoms with E-state index in [2.05, 4.69) is 116 Å². The Balaban J connectivity index is 1.52. The van der Waals surface area contributed by atoms with Gasteiger partial charge in [0.2, 0.25) is 0 Å². The van der Waals surface area contributed by atoms with Crippen molar-refractivity contribution >= 4 is 5.78 Å². The fraction of sp³-hybridized carbons (Fsp3) is 0.475. The van der Waals surface area contributed by atoms with Crippen LogP contribution < -0.4 is 0 Å². The largest absolute Gasteiger partial charge is 0.393 e. The van der Waals surface area contributed by atoms with E-state index < -0.39 is 5.60 Å². The molecule has 2 fully saturated rings. The van der Waals surface area contributed by atoms with Crippen LogP contribution in [-0.4, -0.2) is 28.7 Å². The number of hydrogen-bond acceptors (Lipinski definition) is 3. The number of aliphatic hydroxyl groups excluding tert-OH is 1. The molecule has 3 nitrogen and oxygen atoms in total. The van der Waals surface area contributed by atoms with Crippen molar-refractivity contribution in [2.45, 2.75) is 106 Å². The molecule has 3 rings (SSSR count). The maximum atomic E-state index is 12.5. The lowest BCUT2D eigenvalue weighted by Gasteiger charge is -2.40. The predicted molar refractivity (Wildman–Crippen MR) is 181 cm³/mol. The van der Waals surface area contributed by atoms with Gasteiger partial charge in [0.15, 0.2) is 5.78 Å². The number of rotatable bonds is 8. The highest BCUT2D eigenvalue weighted by Gasteiger charge is 2.65. The Morgan fingerprint density at radius 1 is 0.860 bits per heavy atom. The van der Waals surface area contributed by atoms with E-state index in [1.165, 1.54) is 5.57 Å². The third-order valence-electron chi connectivity index (χ3n) is 9.10. The summed E-state index contributed by atoms with van der Waals surface area (Å²) in [6.07, 6.45) is 26.6. The van der Waals surface area contributed by atoms with Gasteiger partial charge >= 0.3 is 0 Å². The van der Waals surface area contributed by atoms with Gasteiger partial charge in [-0.25, -0.2) is 0 Å². The Bertz CT molecular complexity index is 1420. The number of allylic oxidation sites excluding steroid dienone is 16. The second kappa shape index (κ2) is 14.1. The van der Waals surface area contributed by atoms with Crippen molar-refractivity contribution in [1.82, 2.24) is 0 Å². The van der Waals surface area contributed by atoms with E-state index in [1.807, 2.05) is 38.2 Å². The zero-order valence-corrected chi connectivity index (χ0v) is 28.0. The molecule has 2 heterocycles. The number of hydrogen-bond donors (Lipinski definition) is 1. The molecule has 2 aliphatic heterocycles. The molecule has 4 atom stereocenters. The summed E-state index contributed by atoms with van der Waals surface area (Å²) in [7, 11) is 0. The Labute approximate surface area is 261 Å². The van der Waals surface area contributed by atoms with Crippen LogP contribution in [0.15, 0.2) is 106 Å². The standard InChI is InChI=1S/C40H52O3/c1-28(17-13-19-30(3)21-22-35-32(5)25-34(41)26-38(35,7)8)15-11-12-16-29(2)18-14-20-31(4)23-24-40-33(6)37(42)36(43-40)27-39(40,9)10/h11-20,23-24,33-34,36,41H,25-27H2,1-10H3/b12-11+,17-13+,18-14+,24-23+,28-15+,29-16+,30-19+,31-20+/t33-,34+,36-,40-/m0/s1. The van der Waals surface area contributed by atoms with Crippen molar-refractivity contribution in [3.05, 3.63) is 106 Å². The van der Waals surface area contributed by atoms with E-state index in [1.54, 1.807) is 0 Å². The zero-order valence-electron chi connectivity index (χ0n) is 28.0. The number of carbonyl (C=O) groups excluding carboxylic acids is 1. The number of ether oxygens (including phenoxy) is 1. The van der Waals surface area contributed by atoms with Crippen LogP contribution in [0.1, 0.15) is 88.5 Å². The van der Waals surface area contributed by atoms with E-state index in [0.717, 1.165) is 40.7 Å². The van der Waals surface area contributed by atoms with Crippen molar-refractivity contribution in [3.63, 3.8) is 0 Å². The molecule has 0 unspecified atom stereocenters. The minimum absolute atomic E-state index is 0.0495. The SMILES string of the molecule is CC1=C(C#C/C(C)=C/C=C/C(C)=C/C=C/C=C(C)/C=C/C=C(C)/C=C/[C@@]23O[C@@H](CC2(C)C)C(=O)[C@@H]3C)C(C)(C)C[C@H](O)C1. The predicted octanol–water partition coefficient (Wildman–Crippen LogP) is 9.27. The molecular formula is C40H52O3. The number of ketones is 1. The van der Waals surface area contributed by atoms with Crippen molar-refractivity contribution < 1.29 is 14.6 Å². The van der Waals surface area contributed by atoms with Crippen LogP contribution in [0.25, 0.3) is 0 Å². The van der Waals surface area contributed by atoms with Crippen LogP contribution in [0.2, 0.25) is 0 Å². The lowest BCUT2D eigenvalue weighted by molar-refractivity contribution is -0.125. The quantitative estimate of drug-likeness (QED) is 0.230. The Hall–Kier alpha value is -3.19. The van der Waals surface area contributed by atoms with Crippen molar-refractivity contribution in [2.75, 3.05) is 0 Å². The highest BCUT2D eigenvalue weighted by atomic mass is 16.5. The summed E-state index contributed by atoms with van der Waals surface area (Å²) in [5.74, 6) is 6.80. The van der Waals surface area contributed by atoms with Crippen LogP contribution in [0.3, 0.4) is 0 Å². The van der Waals surface area contributed by atoms with Crippen LogP contribution >= 0.6 is 0 Å². The van der Waals surface area contributed by atoms with Gasteiger partial charge in [-0.3, -0.25) is 4.79 Å². The third kappa shape index (κ3) is 8.47. The van der Waals surface area contributed by atoms with E-state index in [9.17, 15) is 9.90 Å². The number of aliphatic hydroxyl groups is 1. The van der Waals surface area contributed by atoms with Gasteiger partial charge in [-0.2, -0.15) is 0 Å². The topological polar surface area (TPSA) is 46.5 Å². The lowest BCUT2D eigenvalue weighted by Crippen LogP contribution is -2.47. The van der Waals surface area contributed by atoms with Crippen LogP contribution in [-0.2, 0) is 9.53 Å². The van der Waals surface area contributed by atoms with Crippen molar-refractivity contribution in [1.29, 1.82) is 0 Å². The number of Topliss-reactive ketones (excluding diaryl/α,β-unsaturated/α-hetero) is 1. The second-order valence-electron chi connectivity index (χ2n) is 14.0. The van der Waals surface area contributed by atoms with Gasteiger partial charge in [-0.15, -0.1) is 0 Å². The summed E-state index contributed by atoms with van der Waals surface area (Å²) >= 11 is 0. The molecule has 0 aromatic rings. The normalized spacial score (nSPS) is 30.0. The Kier molecular flexibility index (Phi) is 11.2. The third-order valence-corrected chi connectivity index (χ3v) is 9.10. The van der Waals surface area contributed by atoms with Crippen molar-refractivity contribution in [2.24, 2.45) is 16.7 Å². The van der Waals surface area contributed by atoms with Crippen LogP contribution in [0.4, 0.5) is 0 Å². The molecule has 3 aliphatic rings. The Morgan fingerprint density at radius 2 is 1.42 bits per heavy atom. The monoisotopic (exact) mass is 580 g/mol. The molecule has 0 saturated carbocycles. The van der Waals surface area contributed by atoms with E-state index in [-0.39, 0.29) is 34.7 Å². The van der Waals surface area contributed by atoms with Gasteiger partial charge < -0.3 is 9.84 Å². The molecule has 0 spiro atoms. The first-order valence-corrected chi connectivity index (χ1v) is 15.6. The van der Waals surface area contributed by atoms with Gasteiger partial charge in [-0.05, 0) is 59.5 Å². The first-order chi connectivity index (χ1) is 20.1. The first-order valence-electron chi connectivity index (χ1n) is 15.6. The summed E-state index contributed by atoms with van der Waals surface area (Å²) in [6, 6.07) is 0. The van der Waals surface area contributed by atoms with Crippen LogP contribution in [0, 0.1) is 28.6 Å². The lowest BCUT2D eigenvalue weighted by atomic mass is 9.62. The molecule has 1 N–H and O–H groups in total. The maximum Gasteiger partial charge on any atom is 0.167 e. The average molecular weight is 581 g/mol. The number of fused-ring (bicyclic) bond motifs is 2. The summed E-state index contributed by atoms with van der Waals surface area (Å²) < 4.78 is 6.22. The molecule has 43 heavy (non-hydrogen) atoms. The second-order valence-corrected chi connectivity index (χ2v) is 14.0. The number of carbonyl (C=O) groups is 1. The fourth-order valence-corrected chi connectivity index (χ4v) is 6.61. The molecule has 1 aliphatic carbocycles. The van der Waals surface area contributed by atoms with Gasteiger partial charge in [0.25, 0.3) is 0 Å². The molecule has 0 radical (unpaired) electrons. The van der Waals surface area contributed by atoms with E-state index in [4.69, 9.17) is 4.74 Å². The molecule has 2 saturated heterocycles. The molecule has 2 bridgehead atoms. The average Bonchev–Trinajstić information content (AvgIpc) is 3.31. The minimum Gasteiger partial charge on any atom is -0.393 e. The van der Waals surface area contributed by atoms with Gasteiger partial charge in [0, 0.05) is 16.4 Å². The smallest absolute Gasteiger partial charge is 0.167 e. The van der Waals surface area contributed by atoms with Gasteiger partial charge in [0.05, 0.1) is 12.0 Å². The van der Waals surface area contributed by atoms with E-state index >= 15 is 0 Å². The first kappa shape index (κ1) is 34.3. The summed E-state index contributed by atoms with van der Waals surface area (Å²) in [6.45, 7) is 21.1. The Morgan fingerprint density at radius 3 is 2.00 bits per heavy atom. The molecule has 0 aromatic heterocycles. The van der Waals surface area contributed by atoms with Gasteiger partial charge in [-0.1, -0.05) is 142 Å².